The molecule has 1 aromatic rings. The van der Waals surface area contributed by atoms with Crippen LogP contribution in [0.3, 0.4) is 0 Å². The molecule has 1 fully saturated rings. The Morgan fingerprint density at radius 1 is 1.05 bits per heavy atom. The number of allylic oxidation sites excluding steroid dienone is 1. The van der Waals surface area contributed by atoms with Gasteiger partial charge in [-0.2, -0.15) is 5.26 Å². The molecule has 118 valence electrons. The van der Waals surface area contributed by atoms with Crippen molar-refractivity contribution in [3.63, 3.8) is 0 Å². The minimum atomic E-state index is 1.08. The van der Waals surface area contributed by atoms with Crippen molar-refractivity contribution in [2.75, 3.05) is 37.6 Å². The van der Waals surface area contributed by atoms with Crippen molar-refractivity contribution >= 4 is 11.8 Å². The van der Waals surface area contributed by atoms with Gasteiger partial charge in [0, 0.05) is 37.9 Å². The summed E-state index contributed by atoms with van der Waals surface area (Å²) in [6.45, 7) is 8.08. The van der Waals surface area contributed by atoms with Crippen molar-refractivity contribution in [3.8, 4) is 6.07 Å². The van der Waals surface area contributed by atoms with E-state index in [2.05, 4.69) is 41.0 Å². The van der Waals surface area contributed by atoms with E-state index in [-0.39, 0.29) is 0 Å². The van der Waals surface area contributed by atoms with Gasteiger partial charge in [-0.1, -0.05) is 38.3 Å². The lowest BCUT2D eigenvalue weighted by molar-refractivity contribution is 0.252. The van der Waals surface area contributed by atoms with Crippen LogP contribution in [0.5, 0.6) is 0 Å². The van der Waals surface area contributed by atoms with Crippen LogP contribution in [0.4, 0.5) is 5.69 Å². The molecule has 0 aliphatic carbocycles. The van der Waals surface area contributed by atoms with Gasteiger partial charge < -0.3 is 4.90 Å². The monoisotopic (exact) mass is 297 g/mol. The molecule has 2 rings (SSSR count). The van der Waals surface area contributed by atoms with Gasteiger partial charge in [0.2, 0.25) is 0 Å². The molecule has 0 radical (unpaired) electrons. The number of nitrogens with zero attached hydrogens (tertiary/aromatic N) is 3. The molecule has 3 heteroatoms. The number of benzene rings is 1. The van der Waals surface area contributed by atoms with Gasteiger partial charge in [0.25, 0.3) is 0 Å². The van der Waals surface area contributed by atoms with E-state index >= 15 is 0 Å². The Balaban J connectivity index is 1.76. The summed E-state index contributed by atoms with van der Waals surface area (Å²) >= 11 is 0. The number of hydrogen-bond donors (Lipinski definition) is 0. The van der Waals surface area contributed by atoms with E-state index in [9.17, 15) is 0 Å². The van der Waals surface area contributed by atoms with Gasteiger partial charge in [0.15, 0.2) is 0 Å². The third-order valence-corrected chi connectivity index (χ3v) is 4.31. The van der Waals surface area contributed by atoms with Crippen LogP contribution >= 0.6 is 0 Å². The smallest absolute Gasteiger partial charge is 0.0912 e. The van der Waals surface area contributed by atoms with Crippen molar-refractivity contribution in [1.29, 1.82) is 5.26 Å². The van der Waals surface area contributed by atoms with Gasteiger partial charge >= 0.3 is 0 Å². The Hall–Kier alpha value is -1.79. The topological polar surface area (TPSA) is 30.3 Å². The van der Waals surface area contributed by atoms with Crippen molar-refractivity contribution in [2.45, 2.75) is 32.6 Å². The van der Waals surface area contributed by atoms with Gasteiger partial charge in [-0.15, -0.1) is 0 Å². The average Bonchev–Trinajstić information content (AvgIpc) is 2.58. The van der Waals surface area contributed by atoms with E-state index in [1.165, 1.54) is 57.1 Å². The first-order valence-corrected chi connectivity index (χ1v) is 8.47. The fraction of sp³-hybridized carbons (Fsp3) is 0.526. The highest BCUT2D eigenvalue weighted by molar-refractivity contribution is 5.57. The molecular formula is C19H27N3. The van der Waals surface area contributed by atoms with E-state index in [0.29, 0.717) is 0 Å². The summed E-state index contributed by atoms with van der Waals surface area (Å²) in [7, 11) is 0. The van der Waals surface area contributed by atoms with Gasteiger partial charge in [-0.3, -0.25) is 4.90 Å². The summed E-state index contributed by atoms with van der Waals surface area (Å²) in [5.74, 6) is 0. The first kappa shape index (κ1) is 16.6. The maximum absolute atomic E-state index is 8.55. The van der Waals surface area contributed by atoms with Crippen LogP contribution in [0.2, 0.25) is 0 Å². The molecule has 3 nitrogen and oxygen atoms in total. The number of unbranched alkanes of at least 4 members (excludes halogenated alkanes) is 3. The first-order valence-electron chi connectivity index (χ1n) is 8.47. The van der Waals surface area contributed by atoms with Crippen LogP contribution in [0.1, 0.15) is 38.2 Å². The molecule has 1 aliphatic rings. The zero-order valence-electron chi connectivity index (χ0n) is 13.7. The number of piperazine rings is 1. The molecule has 0 saturated carbocycles. The Bertz CT molecular complexity index is 490. The minimum absolute atomic E-state index is 1.08. The number of nitriles is 1. The van der Waals surface area contributed by atoms with Crippen LogP contribution in [0.15, 0.2) is 30.3 Å². The second-order valence-corrected chi connectivity index (χ2v) is 5.94. The second kappa shape index (κ2) is 9.27. The maximum Gasteiger partial charge on any atom is 0.0912 e. The fourth-order valence-electron chi connectivity index (χ4n) is 2.92. The largest absolute Gasteiger partial charge is 0.369 e. The molecule has 0 bridgehead atoms. The highest BCUT2D eigenvalue weighted by atomic mass is 15.3. The third kappa shape index (κ3) is 5.20. The van der Waals surface area contributed by atoms with Crippen molar-refractivity contribution < 1.29 is 0 Å². The standard InChI is InChI=1S/C19H27N3/c1-2-3-4-5-13-21-14-16-22(17-15-21)19-10-8-18(9-11-19)7-6-12-20/h6-11H,2-5,13-17H2,1H3/b7-6+. The molecule has 1 heterocycles. The number of hydrogen-bond acceptors (Lipinski definition) is 3. The number of anilines is 1. The average molecular weight is 297 g/mol. The van der Waals surface area contributed by atoms with Crippen LogP contribution in [-0.2, 0) is 0 Å². The molecular weight excluding hydrogens is 270 g/mol. The van der Waals surface area contributed by atoms with E-state index in [0.717, 1.165) is 18.7 Å². The summed E-state index contributed by atoms with van der Waals surface area (Å²) in [4.78, 5) is 5.05. The maximum atomic E-state index is 8.55. The normalized spacial score (nSPS) is 16.1. The number of rotatable bonds is 7. The van der Waals surface area contributed by atoms with Gasteiger partial charge in [-0.05, 0) is 36.7 Å². The lowest BCUT2D eigenvalue weighted by atomic mass is 10.1. The SMILES string of the molecule is CCCCCCN1CCN(c2ccc(/C=C/C#N)cc2)CC1. The summed E-state index contributed by atoms with van der Waals surface area (Å²) in [6.07, 6.45) is 8.76. The zero-order chi connectivity index (χ0) is 15.6. The Labute approximate surface area is 134 Å². The van der Waals surface area contributed by atoms with Gasteiger partial charge in [0.05, 0.1) is 6.07 Å². The van der Waals surface area contributed by atoms with Crippen LogP contribution in [0.25, 0.3) is 6.08 Å². The minimum Gasteiger partial charge on any atom is -0.369 e. The van der Waals surface area contributed by atoms with Crippen molar-refractivity contribution in [2.24, 2.45) is 0 Å². The van der Waals surface area contributed by atoms with Crippen LogP contribution in [-0.4, -0.2) is 37.6 Å². The summed E-state index contributed by atoms with van der Waals surface area (Å²) < 4.78 is 0. The first-order chi connectivity index (χ1) is 10.8. The van der Waals surface area contributed by atoms with Crippen molar-refractivity contribution in [1.82, 2.24) is 4.90 Å². The highest BCUT2D eigenvalue weighted by Gasteiger charge is 2.16. The molecule has 0 aromatic heterocycles. The van der Waals surface area contributed by atoms with E-state index < -0.39 is 0 Å². The summed E-state index contributed by atoms with van der Waals surface area (Å²) in [5.41, 5.74) is 2.37. The molecule has 0 spiro atoms. The molecule has 0 atom stereocenters. The molecule has 0 N–H and O–H groups in total. The lowest BCUT2D eigenvalue weighted by Crippen LogP contribution is -2.46. The predicted octanol–water partition coefficient (Wildman–Crippen LogP) is 3.93. The van der Waals surface area contributed by atoms with E-state index in [4.69, 9.17) is 5.26 Å². The third-order valence-electron chi connectivity index (χ3n) is 4.31. The van der Waals surface area contributed by atoms with Gasteiger partial charge in [-0.25, -0.2) is 0 Å². The quantitative estimate of drug-likeness (QED) is 0.564. The highest BCUT2D eigenvalue weighted by Crippen LogP contribution is 2.18. The molecule has 22 heavy (non-hydrogen) atoms. The summed E-state index contributed by atoms with van der Waals surface area (Å²) in [6, 6.07) is 10.5. The van der Waals surface area contributed by atoms with E-state index in [1.807, 2.05) is 12.1 Å². The lowest BCUT2D eigenvalue weighted by Gasteiger charge is -2.36. The molecule has 1 aromatic carbocycles. The Morgan fingerprint density at radius 2 is 1.77 bits per heavy atom. The Morgan fingerprint density at radius 3 is 2.41 bits per heavy atom. The van der Waals surface area contributed by atoms with Crippen LogP contribution in [0, 0.1) is 11.3 Å². The molecule has 1 aliphatic heterocycles. The fourth-order valence-corrected chi connectivity index (χ4v) is 2.92. The van der Waals surface area contributed by atoms with Gasteiger partial charge in [0.1, 0.15) is 0 Å². The molecule has 0 amide bonds. The Kier molecular flexibility index (Phi) is 6.99. The molecule has 1 saturated heterocycles. The second-order valence-electron chi connectivity index (χ2n) is 5.94. The van der Waals surface area contributed by atoms with Crippen LogP contribution < -0.4 is 4.90 Å². The zero-order valence-corrected chi connectivity index (χ0v) is 13.7. The summed E-state index contributed by atoms with van der Waals surface area (Å²) in [5, 5.41) is 8.55. The van der Waals surface area contributed by atoms with Crippen molar-refractivity contribution in [3.05, 3.63) is 35.9 Å². The molecule has 0 unspecified atom stereocenters. The predicted molar refractivity (Wildman–Crippen MR) is 93.9 cm³/mol. The van der Waals surface area contributed by atoms with E-state index in [1.54, 1.807) is 0 Å².